The van der Waals surface area contributed by atoms with Crippen molar-refractivity contribution in [3.8, 4) is 5.13 Å². The molecule has 5 nitrogen and oxygen atoms in total. The van der Waals surface area contributed by atoms with Crippen molar-refractivity contribution in [1.29, 1.82) is 0 Å². The van der Waals surface area contributed by atoms with Gasteiger partial charge in [0.15, 0.2) is 0 Å². The second-order valence-corrected chi connectivity index (χ2v) is 7.42. The van der Waals surface area contributed by atoms with Gasteiger partial charge in [0.1, 0.15) is 11.3 Å². The number of para-hydroxylation sites is 1. The van der Waals surface area contributed by atoms with Crippen molar-refractivity contribution in [1.82, 2.24) is 14.8 Å². The number of hydrogen-bond acceptors (Lipinski definition) is 4. The fourth-order valence-electron chi connectivity index (χ4n) is 2.56. The number of halogens is 2. The minimum absolute atomic E-state index is 0.309. The number of aromatic nitrogens is 3. The molecule has 0 spiro atoms. The van der Waals surface area contributed by atoms with Gasteiger partial charge < -0.3 is 5.32 Å². The van der Waals surface area contributed by atoms with Crippen molar-refractivity contribution in [2.24, 2.45) is 0 Å². The van der Waals surface area contributed by atoms with Gasteiger partial charge in [-0.1, -0.05) is 52.7 Å². The molecule has 8 heteroatoms. The largest absolute Gasteiger partial charge is 0.306 e. The van der Waals surface area contributed by atoms with Crippen LogP contribution >= 0.6 is 34.5 Å². The first-order valence-corrected chi connectivity index (χ1v) is 9.28. The van der Waals surface area contributed by atoms with Crippen LogP contribution in [-0.2, 0) is 0 Å². The molecule has 2 heterocycles. The lowest BCUT2D eigenvalue weighted by molar-refractivity contribution is 0.102. The van der Waals surface area contributed by atoms with Crippen molar-refractivity contribution < 1.29 is 4.79 Å². The fourth-order valence-corrected chi connectivity index (χ4v) is 4.01. The molecule has 4 rings (SSSR count). The summed E-state index contributed by atoms with van der Waals surface area (Å²) in [6, 6.07) is 14.3. The van der Waals surface area contributed by atoms with E-state index in [4.69, 9.17) is 23.2 Å². The maximum atomic E-state index is 12.6. The standard InChI is InChI=1S/C18H12Cl2N4OS/c1-10-9-15(21-17(25)11-5-2-3-6-12(11)19)24(23-10)18-22-16-13(20)7-4-8-14(16)26-18/h2-9H,1H3,(H,21,25). The van der Waals surface area contributed by atoms with Gasteiger partial charge in [-0.15, -0.1) is 0 Å². The molecule has 0 radical (unpaired) electrons. The van der Waals surface area contributed by atoms with Gasteiger partial charge in [0.25, 0.3) is 5.91 Å². The highest BCUT2D eigenvalue weighted by atomic mass is 35.5. The number of aryl methyl sites for hydroxylation is 1. The maximum Gasteiger partial charge on any atom is 0.258 e. The number of nitrogens with zero attached hydrogens (tertiary/aromatic N) is 3. The normalized spacial score (nSPS) is 11.0. The van der Waals surface area contributed by atoms with E-state index in [1.54, 1.807) is 41.1 Å². The van der Waals surface area contributed by atoms with Crippen molar-refractivity contribution in [3.63, 3.8) is 0 Å². The van der Waals surface area contributed by atoms with Gasteiger partial charge in [0.2, 0.25) is 5.13 Å². The average molecular weight is 403 g/mol. The van der Waals surface area contributed by atoms with Gasteiger partial charge in [0, 0.05) is 6.07 Å². The Bertz CT molecular complexity index is 1140. The lowest BCUT2D eigenvalue weighted by Gasteiger charge is -2.07. The Kier molecular flexibility index (Phi) is 4.40. The predicted molar refractivity (Wildman–Crippen MR) is 106 cm³/mol. The van der Waals surface area contributed by atoms with Crippen LogP contribution in [0.3, 0.4) is 0 Å². The molecule has 0 atom stereocenters. The summed E-state index contributed by atoms with van der Waals surface area (Å²) in [5.41, 5.74) is 1.86. The summed E-state index contributed by atoms with van der Waals surface area (Å²) in [5.74, 6) is 0.207. The summed E-state index contributed by atoms with van der Waals surface area (Å²) < 4.78 is 2.55. The summed E-state index contributed by atoms with van der Waals surface area (Å²) in [4.78, 5) is 17.1. The van der Waals surface area contributed by atoms with Gasteiger partial charge in [-0.25, -0.2) is 4.98 Å². The minimum atomic E-state index is -0.309. The molecule has 4 aromatic rings. The molecule has 0 saturated heterocycles. The summed E-state index contributed by atoms with van der Waals surface area (Å²) in [6.45, 7) is 1.85. The topological polar surface area (TPSA) is 59.8 Å². The molecular formula is C18H12Cl2N4OS. The lowest BCUT2D eigenvalue weighted by Crippen LogP contribution is -2.15. The molecule has 0 aliphatic carbocycles. The lowest BCUT2D eigenvalue weighted by atomic mass is 10.2. The maximum absolute atomic E-state index is 12.6. The number of thiazole rings is 1. The van der Waals surface area contributed by atoms with E-state index in [1.807, 2.05) is 19.1 Å². The molecule has 0 unspecified atom stereocenters. The minimum Gasteiger partial charge on any atom is -0.306 e. The van der Waals surface area contributed by atoms with Gasteiger partial charge in [-0.05, 0) is 31.2 Å². The Morgan fingerprint density at radius 2 is 1.88 bits per heavy atom. The molecule has 26 heavy (non-hydrogen) atoms. The first-order valence-electron chi connectivity index (χ1n) is 7.71. The van der Waals surface area contributed by atoms with Crippen molar-refractivity contribution in [3.05, 3.63) is 69.8 Å². The van der Waals surface area contributed by atoms with Crippen molar-refractivity contribution in [2.45, 2.75) is 6.92 Å². The smallest absolute Gasteiger partial charge is 0.258 e. The fraction of sp³-hybridized carbons (Fsp3) is 0.0556. The Hall–Kier alpha value is -2.41. The van der Waals surface area contributed by atoms with E-state index in [9.17, 15) is 4.79 Å². The molecule has 0 fully saturated rings. The van der Waals surface area contributed by atoms with Crippen LogP contribution in [0.4, 0.5) is 5.82 Å². The molecule has 1 N–H and O–H groups in total. The SMILES string of the molecule is Cc1cc(NC(=O)c2ccccc2Cl)n(-c2nc3c(Cl)cccc3s2)n1. The number of carbonyl (C=O) groups is 1. The van der Waals surface area contributed by atoms with Gasteiger partial charge in [0.05, 0.1) is 26.0 Å². The van der Waals surface area contributed by atoms with Crippen molar-refractivity contribution >= 4 is 56.5 Å². The summed E-state index contributed by atoms with van der Waals surface area (Å²) in [6.07, 6.45) is 0. The average Bonchev–Trinajstić information content (AvgIpc) is 3.19. The second-order valence-electron chi connectivity index (χ2n) is 5.60. The highest BCUT2D eigenvalue weighted by Gasteiger charge is 2.17. The molecule has 0 aliphatic rings. The third-order valence-corrected chi connectivity index (χ3v) is 5.36. The first-order chi connectivity index (χ1) is 12.5. The first kappa shape index (κ1) is 17.0. The number of fused-ring (bicyclic) bond motifs is 1. The molecule has 2 aromatic carbocycles. The van der Waals surface area contributed by atoms with Gasteiger partial charge >= 0.3 is 0 Å². The number of anilines is 1. The number of amides is 1. The van der Waals surface area contributed by atoms with E-state index in [2.05, 4.69) is 15.4 Å². The molecule has 1 amide bonds. The van der Waals surface area contributed by atoms with E-state index in [0.717, 1.165) is 10.4 Å². The van der Waals surface area contributed by atoms with E-state index < -0.39 is 0 Å². The van der Waals surface area contributed by atoms with Crippen LogP contribution in [0.2, 0.25) is 10.0 Å². The van der Waals surface area contributed by atoms with E-state index in [1.165, 1.54) is 11.3 Å². The monoisotopic (exact) mass is 402 g/mol. The third-order valence-electron chi connectivity index (χ3n) is 3.73. The van der Waals surface area contributed by atoms with E-state index in [0.29, 0.717) is 32.1 Å². The second kappa shape index (κ2) is 6.72. The Labute approximate surface area is 163 Å². The Balaban J connectivity index is 1.74. The molecule has 130 valence electrons. The molecule has 0 aliphatic heterocycles. The van der Waals surface area contributed by atoms with Crippen LogP contribution in [0, 0.1) is 6.92 Å². The Morgan fingerprint density at radius 1 is 1.12 bits per heavy atom. The number of carbonyl (C=O) groups excluding carboxylic acids is 1. The molecule has 2 aromatic heterocycles. The number of benzene rings is 2. The quantitative estimate of drug-likeness (QED) is 0.502. The molecule has 0 bridgehead atoms. The zero-order valence-electron chi connectivity index (χ0n) is 13.5. The summed E-state index contributed by atoms with van der Waals surface area (Å²) in [7, 11) is 0. The zero-order chi connectivity index (χ0) is 18.3. The van der Waals surface area contributed by atoms with E-state index in [-0.39, 0.29) is 5.91 Å². The number of hydrogen-bond donors (Lipinski definition) is 1. The molecule has 0 saturated carbocycles. The highest BCUT2D eigenvalue weighted by molar-refractivity contribution is 7.20. The van der Waals surface area contributed by atoms with Crippen LogP contribution in [0.25, 0.3) is 15.3 Å². The van der Waals surface area contributed by atoms with Crippen molar-refractivity contribution in [2.75, 3.05) is 5.32 Å². The zero-order valence-corrected chi connectivity index (χ0v) is 15.9. The van der Waals surface area contributed by atoms with Gasteiger partial charge in [-0.2, -0.15) is 9.78 Å². The van der Waals surface area contributed by atoms with E-state index >= 15 is 0 Å². The van der Waals surface area contributed by atoms with Crippen LogP contribution in [0.5, 0.6) is 0 Å². The third kappa shape index (κ3) is 3.07. The van der Waals surface area contributed by atoms with Crippen LogP contribution in [0.15, 0.2) is 48.5 Å². The van der Waals surface area contributed by atoms with Crippen LogP contribution in [0.1, 0.15) is 16.1 Å². The van der Waals surface area contributed by atoms with Crippen LogP contribution < -0.4 is 5.32 Å². The summed E-state index contributed by atoms with van der Waals surface area (Å²) in [5, 5.41) is 8.89. The highest BCUT2D eigenvalue weighted by Crippen LogP contribution is 2.31. The number of nitrogens with one attached hydrogen (secondary N) is 1. The summed E-state index contributed by atoms with van der Waals surface area (Å²) >= 11 is 13.8. The van der Waals surface area contributed by atoms with Crippen LogP contribution in [-0.4, -0.2) is 20.7 Å². The van der Waals surface area contributed by atoms with Gasteiger partial charge in [-0.3, -0.25) is 4.79 Å². The number of rotatable bonds is 3. The predicted octanol–water partition coefficient (Wildman–Crippen LogP) is 5.35. The Morgan fingerprint density at radius 3 is 2.65 bits per heavy atom. The molecular weight excluding hydrogens is 391 g/mol.